The van der Waals surface area contributed by atoms with Crippen LogP contribution in [-0.4, -0.2) is 50.8 Å². The normalized spacial score (nSPS) is 11.2. The molecule has 0 unspecified atom stereocenters. The van der Waals surface area contributed by atoms with Gasteiger partial charge in [0.2, 0.25) is 0 Å². The van der Waals surface area contributed by atoms with Crippen LogP contribution >= 0.6 is 0 Å². The molecule has 0 aliphatic rings. The van der Waals surface area contributed by atoms with Crippen molar-refractivity contribution in [1.82, 2.24) is 24.6 Å². The van der Waals surface area contributed by atoms with Gasteiger partial charge in [-0.25, -0.2) is 9.67 Å². The van der Waals surface area contributed by atoms with Crippen LogP contribution in [0.3, 0.4) is 0 Å². The van der Waals surface area contributed by atoms with Crippen LogP contribution in [0.1, 0.15) is 35.9 Å². The van der Waals surface area contributed by atoms with Crippen molar-refractivity contribution in [3.63, 3.8) is 0 Å². The first-order chi connectivity index (χ1) is 12.6. The van der Waals surface area contributed by atoms with E-state index in [2.05, 4.69) is 15.1 Å². The van der Waals surface area contributed by atoms with Crippen molar-refractivity contribution in [3.8, 4) is 0 Å². The molecule has 3 aromatic heterocycles. The molecule has 0 aromatic carbocycles. The molecule has 7 heteroatoms. The van der Waals surface area contributed by atoms with Crippen molar-refractivity contribution in [3.05, 3.63) is 54.1 Å². The first-order valence-electron chi connectivity index (χ1n) is 8.61. The minimum atomic E-state index is -0.0978. The van der Waals surface area contributed by atoms with E-state index < -0.39 is 0 Å². The molecule has 0 aliphatic carbocycles. The largest absolute Gasteiger partial charge is 0.383 e. The molecule has 0 radical (unpaired) electrons. The number of fused-ring (bicyclic) bond motifs is 1. The lowest BCUT2D eigenvalue weighted by atomic mass is 10.2. The minimum absolute atomic E-state index is 0.0978. The molecule has 3 heterocycles. The fourth-order valence-corrected chi connectivity index (χ4v) is 2.76. The maximum Gasteiger partial charge on any atom is 0.255 e. The Morgan fingerprint density at radius 2 is 2.12 bits per heavy atom. The highest BCUT2D eigenvalue weighted by Crippen LogP contribution is 2.18. The Kier molecular flexibility index (Phi) is 5.58. The van der Waals surface area contributed by atoms with E-state index in [1.807, 2.05) is 42.8 Å². The van der Waals surface area contributed by atoms with Crippen LogP contribution in [-0.2, 0) is 11.3 Å². The summed E-state index contributed by atoms with van der Waals surface area (Å²) in [4.78, 5) is 23.5. The highest BCUT2D eigenvalue weighted by atomic mass is 16.5. The number of hydrogen-bond acceptors (Lipinski definition) is 5. The van der Waals surface area contributed by atoms with E-state index >= 15 is 0 Å². The fraction of sp³-hybridized carbons (Fsp3) is 0.368. The number of amides is 1. The second-order valence-electron chi connectivity index (χ2n) is 6.36. The van der Waals surface area contributed by atoms with E-state index in [1.54, 1.807) is 30.6 Å². The lowest BCUT2D eigenvalue weighted by molar-refractivity contribution is 0.0677. The summed E-state index contributed by atoms with van der Waals surface area (Å²) in [5.41, 5.74) is 2.15. The summed E-state index contributed by atoms with van der Waals surface area (Å²) in [7, 11) is 1.62. The predicted molar refractivity (Wildman–Crippen MR) is 98.8 cm³/mol. The maximum absolute atomic E-state index is 13.0. The molecule has 0 saturated carbocycles. The maximum atomic E-state index is 13.0. The summed E-state index contributed by atoms with van der Waals surface area (Å²) in [5, 5.41) is 5.21. The van der Waals surface area contributed by atoms with Crippen LogP contribution in [0.2, 0.25) is 0 Å². The highest BCUT2D eigenvalue weighted by molar-refractivity contribution is 5.96. The Balaban J connectivity index is 1.86. The number of carbonyl (C=O) groups excluding carboxylic acids is 1. The quantitative estimate of drug-likeness (QED) is 0.653. The third kappa shape index (κ3) is 3.88. The molecule has 3 rings (SSSR count). The smallest absolute Gasteiger partial charge is 0.255 e. The summed E-state index contributed by atoms with van der Waals surface area (Å²) in [6.07, 6.45) is 5.09. The molecule has 0 spiro atoms. The average molecular weight is 353 g/mol. The Labute approximate surface area is 152 Å². The van der Waals surface area contributed by atoms with E-state index in [-0.39, 0.29) is 11.9 Å². The summed E-state index contributed by atoms with van der Waals surface area (Å²) >= 11 is 0. The number of methoxy groups -OCH3 is 1. The second kappa shape index (κ2) is 8.05. The molecule has 0 N–H and O–H groups in total. The van der Waals surface area contributed by atoms with Gasteiger partial charge in [0.1, 0.15) is 0 Å². The number of pyridine rings is 2. The third-order valence-corrected chi connectivity index (χ3v) is 4.10. The van der Waals surface area contributed by atoms with Gasteiger partial charge in [0.05, 0.1) is 30.6 Å². The minimum Gasteiger partial charge on any atom is -0.383 e. The molecule has 7 nitrogen and oxygen atoms in total. The van der Waals surface area contributed by atoms with Crippen LogP contribution in [0.25, 0.3) is 11.0 Å². The number of ether oxygens (including phenoxy) is 1. The fourth-order valence-electron chi connectivity index (χ4n) is 2.76. The van der Waals surface area contributed by atoms with Crippen molar-refractivity contribution in [1.29, 1.82) is 0 Å². The zero-order valence-electron chi connectivity index (χ0n) is 15.3. The molecule has 136 valence electrons. The molecule has 0 saturated heterocycles. The summed E-state index contributed by atoms with van der Waals surface area (Å²) in [6, 6.07) is 7.73. The first kappa shape index (κ1) is 18.0. The molecule has 1 amide bonds. The Bertz CT molecular complexity index is 876. The summed E-state index contributed by atoms with van der Waals surface area (Å²) in [5.74, 6) is -0.0978. The predicted octanol–water partition coefficient (Wildman–Crippen LogP) is 2.70. The lowest BCUT2D eigenvalue weighted by Crippen LogP contribution is -2.33. The van der Waals surface area contributed by atoms with Crippen molar-refractivity contribution in [2.45, 2.75) is 26.4 Å². The van der Waals surface area contributed by atoms with Gasteiger partial charge in [-0.2, -0.15) is 5.10 Å². The van der Waals surface area contributed by atoms with Gasteiger partial charge in [0, 0.05) is 37.5 Å². The van der Waals surface area contributed by atoms with Gasteiger partial charge in [0.15, 0.2) is 5.65 Å². The zero-order chi connectivity index (χ0) is 18.5. The summed E-state index contributed by atoms with van der Waals surface area (Å²) < 4.78 is 7.00. The van der Waals surface area contributed by atoms with E-state index in [0.29, 0.717) is 25.3 Å². The van der Waals surface area contributed by atoms with Crippen LogP contribution in [0.5, 0.6) is 0 Å². The van der Waals surface area contributed by atoms with Crippen LogP contribution in [0.15, 0.2) is 42.9 Å². The van der Waals surface area contributed by atoms with Crippen molar-refractivity contribution in [2.24, 2.45) is 0 Å². The van der Waals surface area contributed by atoms with Gasteiger partial charge in [-0.15, -0.1) is 0 Å². The molecule has 3 aromatic rings. The van der Waals surface area contributed by atoms with Gasteiger partial charge >= 0.3 is 0 Å². The lowest BCUT2D eigenvalue weighted by Gasteiger charge is -2.22. The van der Waals surface area contributed by atoms with Crippen molar-refractivity contribution in [2.75, 3.05) is 20.3 Å². The van der Waals surface area contributed by atoms with Gasteiger partial charge in [-0.3, -0.25) is 9.78 Å². The van der Waals surface area contributed by atoms with Crippen LogP contribution in [0, 0.1) is 0 Å². The number of hydrogen-bond donors (Lipinski definition) is 0. The van der Waals surface area contributed by atoms with Gasteiger partial charge < -0.3 is 9.64 Å². The van der Waals surface area contributed by atoms with Gasteiger partial charge in [-0.05, 0) is 32.0 Å². The topological polar surface area (TPSA) is 73.1 Å². The molecule has 0 atom stereocenters. The number of aromatic nitrogens is 4. The van der Waals surface area contributed by atoms with Gasteiger partial charge in [0.25, 0.3) is 5.91 Å². The molecule has 26 heavy (non-hydrogen) atoms. The Hall–Kier alpha value is -2.80. The number of carbonyl (C=O) groups is 1. The highest BCUT2D eigenvalue weighted by Gasteiger charge is 2.18. The van der Waals surface area contributed by atoms with Gasteiger partial charge in [-0.1, -0.05) is 6.07 Å². The Morgan fingerprint density at radius 1 is 1.27 bits per heavy atom. The monoisotopic (exact) mass is 353 g/mol. The van der Waals surface area contributed by atoms with E-state index in [0.717, 1.165) is 16.7 Å². The third-order valence-electron chi connectivity index (χ3n) is 4.10. The summed E-state index contributed by atoms with van der Waals surface area (Å²) in [6.45, 7) is 5.46. The first-order valence-corrected chi connectivity index (χ1v) is 8.61. The standard InChI is InChI=1S/C19H23N5O2/c1-14(2)24-18-15(12-22-24)10-16(11-21-18)19(25)23(8-9-26-3)13-17-6-4-5-7-20-17/h4-7,10-12,14H,8-9,13H2,1-3H3. The molecular formula is C19H23N5O2. The molecule has 0 fully saturated rings. The number of rotatable bonds is 7. The SMILES string of the molecule is COCCN(Cc1ccccn1)C(=O)c1cnc2c(cnn2C(C)C)c1. The van der Waals surface area contributed by atoms with Crippen molar-refractivity contribution < 1.29 is 9.53 Å². The van der Waals surface area contributed by atoms with E-state index in [4.69, 9.17) is 4.74 Å². The second-order valence-corrected chi connectivity index (χ2v) is 6.36. The van der Waals surface area contributed by atoms with E-state index in [9.17, 15) is 4.79 Å². The molecular weight excluding hydrogens is 330 g/mol. The van der Waals surface area contributed by atoms with Crippen molar-refractivity contribution >= 4 is 16.9 Å². The van der Waals surface area contributed by atoms with E-state index in [1.165, 1.54) is 0 Å². The molecule has 0 aliphatic heterocycles. The van der Waals surface area contributed by atoms with Crippen LogP contribution in [0.4, 0.5) is 0 Å². The number of nitrogens with zero attached hydrogens (tertiary/aromatic N) is 5. The average Bonchev–Trinajstić information content (AvgIpc) is 3.09. The Morgan fingerprint density at radius 3 is 2.81 bits per heavy atom. The zero-order valence-corrected chi connectivity index (χ0v) is 15.3. The van der Waals surface area contributed by atoms with Crippen LogP contribution < -0.4 is 0 Å². The molecule has 0 bridgehead atoms.